The zero-order valence-electron chi connectivity index (χ0n) is 13.7. The van der Waals surface area contributed by atoms with Crippen LogP contribution in [0.15, 0.2) is 52.9 Å². The third-order valence-electron chi connectivity index (χ3n) is 3.66. The number of rotatable bonds is 4. The summed E-state index contributed by atoms with van der Waals surface area (Å²) in [5.74, 6) is 0.642. The Hall–Kier alpha value is -2.99. The average molecular weight is 323 g/mol. The fraction of sp³-hybridized carbons (Fsp3) is 0.167. The number of hydrogen-bond donors (Lipinski definition) is 0. The molecule has 3 aromatic rings. The van der Waals surface area contributed by atoms with Crippen molar-refractivity contribution in [2.75, 3.05) is 14.2 Å². The third kappa shape index (κ3) is 3.18. The van der Waals surface area contributed by atoms with Crippen LogP contribution in [0.4, 0.5) is 0 Å². The van der Waals surface area contributed by atoms with Crippen LogP contribution in [0.1, 0.15) is 15.9 Å². The molecule has 0 saturated heterocycles. The van der Waals surface area contributed by atoms with E-state index in [1.807, 2.05) is 31.2 Å². The van der Waals surface area contributed by atoms with Gasteiger partial charge in [0.25, 0.3) is 5.91 Å². The van der Waals surface area contributed by atoms with Crippen molar-refractivity contribution in [3.8, 4) is 22.9 Å². The molecule has 0 aliphatic rings. The molecule has 0 aliphatic carbocycles. The number of hydroxylamine groups is 2. The lowest BCUT2D eigenvalue weighted by molar-refractivity contribution is -0.0756. The van der Waals surface area contributed by atoms with Gasteiger partial charge in [-0.1, -0.05) is 17.7 Å². The van der Waals surface area contributed by atoms with Crippen molar-refractivity contribution >= 4 is 5.91 Å². The highest BCUT2D eigenvalue weighted by molar-refractivity contribution is 5.93. The molecule has 2 aromatic carbocycles. The molecule has 0 spiro atoms. The van der Waals surface area contributed by atoms with Gasteiger partial charge in [0, 0.05) is 23.7 Å². The molecular weight excluding hydrogens is 306 g/mol. The van der Waals surface area contributed by atoms with Crippen molar-refractivity contribution in [2.24, 2.45) is 0 Å². The van der Waals surface area contributed by atoms with E-state index in [0.29, 0.717) is 17.3 Å². The van der Waals surface area contributed by atoms with Crippen molar-refractivity contribution in [1.82, 2.24) is 15.3 Å². The van der Waals surface area contributed by atoms with Crippen LogP contribution in [0.5, 0.6) is 0 Å². The third-order valence-corrected chi connectivity index (χ3v) is 3.66. The molecule has 0 bridgehead atoms. The number of hydrogen-bond acceptors (Lipinski definition) is 5. The van der Waals surface area contributed by atoms with Gasteiger partial charge < -0.3 is 4.42 Å². The first-order valence-corrected chi connectivity index (χ1v) is 7.41. The first-order chi connectivity index (χ1) is 11.6. The Balaban J connectivity index is 1.83. The van der Waals surface area contributed by atoms with Crippen molar-refractivity contribution < 1.29 is 14.0 Å². The molecule has 1 amide bonds. The molecule has 0 N–H and O–H groups in total. The monoisotopic (exact) mass is 323 g/mol. The molecule has 0 fully saturated rings. The van der Waals surface area contributed by atoms with Gasteiger partial charge >= 0.3 is 0 Å². The van der Waals surface area contributed by atoms with Gasteiger partial charge in [-0.2, -0.15) is 0 Å². The summed E-state index contributed by atoms with van der Waals surface area (Å²) >= 11 is 0. The van der Waals surface area contributed by atoms with Crippen LogP contribution in [0.3, 0.4) is 0 Å². The van der Waals surface area contributed by atoms with Crippen LogP contribution < -0.4 is 0 Å². The minimum absolute atomic E-state index is 0.227. The SMILES string of the molecule is CON(C)C(=O)c1ccc(-c2nnc(-c3ccc(C)cc3)o2)cc1. The summed E-state index contributed by atoms with van der Waals surface area (Å²) in [7, 11) is 3.00. The van der Waals surface area contributed by atoms with Crippen LogP contribution >= 0.6 is 0 Å². The van der Waals surface area contributed by atoms with E-state index in [0.717, 1.165) is 16.2 Å². The maximum absolute atomic E-state index is 12.0. The van der Waals surface area contributed by atoms with Crippen LogP contribution in [-0.2, 0) is 4.84 Å². The van der Waals surface area contributed by atoms with E-state index in [1.165, 1.54) is 12.7 Å². The molecule has 6 nitrogen and oxygen atoms in total. The van der Waals surface area contributed by atoms with E-state index in [-0.39, 0.29) is 5.91 Å². The second kappa shape index (κ2) is 6.64. The Bertz CT molecular complexity index is 839. The average Bonchev–Trinajstić information content (AvgIpc) is 3.11. The number of nitrogens with zero attached hydrogens (tertiary/aromatic N) is 3. The summed E-state index contributed by atoms with van der Waals surface area (Å²) in [6, 6.07) is 14.8. The topological polar surface area (TPSA) is 68.5 Å². The molecule has 0 radical (unpaired) electrons. The fourth-order valence-electron chi connectivity index (χ4n) is 2.17. The summed E-state index contributed by atoms with van der Waals surface area (Å²) in [6.45, 7) is 2.02. The van der Waals surface area contributed by atoms with Crippen molar-refractivity contribution in [2.45, 2.75) is 6.92 Å². The minimum atomic E-state index is -0.227. The molecule has 1 aromatic heterocycles. The van der Waals surface area contributed by atoms with Crippen LogP contribution in [0.2, 0.25) is 0 Å². The molecule has 0 atom stereocenters. The molecule has 0 aliphatic heterocycles. The van der Waals surface area contributed by atoms with Crippen LogP contribution in [0, 0.1) is 6.92 Å². The van der Waals surface area contributed by atoms with Gasteiger partial charge in [-0.15, -0.1) is 10.2 Å². The number of aromatic nitrogens is 2. The summed E-state index contributed by atoms with van der Waals surface area (Å²) in [4.78, 5) is 16.9. The van der Waals surface area contributed by atoms with E-state index in [9.17, 15) is 4.79 Å². The number of carbonyl (C=O) groups is 1. The molecule has 24 heavy (non-hydrogen) atoms. The Labute approximate surface area is 139 Å². The Morgan fingerprint density at radius 3 is 1.96 bits per heavy atom. The minimum Gasteiger partial charge on any atom is -0.416 e. The molecule has 0 unspecified atom stereocenters. The van der Waals surface area contributed by atoms with Crippen LogP contribution in [0.25, 0.3) is 22.9 Å². The first kappa shape index (κ1) is 15.9. The Kier molecular flexibility index (Phi) is 4.39. The van der Waals surface area contributed by atoms with Crippen molar-refractivity contribution in [3.05, 3.63) is 59.7 Å². The zero-order valence-corrected chi connectivity index (χ0v) is 13.7. The number of benzene rings is 2. The van der Waals surface area contributed by atoms with Crippen LogP contribution in [-0.4, -0.2) is 35.3 Å². The maximum Gasteiger partial charge on any atom is 0.277 e. The van der Waals surface area contributed by atoms with Gasteiger partial charge in [-0.05, 0) is 43.3 Å². The summed E-state index contributed by atoms with van der Waals surface area (Å²) < 4.78 is 5.72. The van der Waals surface area contributed by atoms with E-state index in [4.69, 9.17) is 9.25 Å². The van der Waals surface area contributed by atoms with E-state index >= 15 is 0 Å². The van der Waals surface area contributed by atoms with Crippen molar-refractivity contribution in [3.63, 3.8) is 0 Å². The van der Waals surface area contributed by atoms with Crippen molar-refractivity contribution in [1.29, 1.82) is 0 Å². The zero-order chi connectivity index (χ0) is 17.1. The van der Waals surface area contributed by atoms with Gasteiger partial charge in [0.1, 0.15) is 0 Å². The second-order valence-corrected chi connectivity index (χ2v) is 5.34. The molecular formula is C18H17N3O3. The second-order valence-electron chi connectivity index (χ2n) is 5.34. The van der Waals surface area contributed by atoms with Gasteiger partial charge in [-0.3, -0.25) is 9.63 Å². The molecule has 0 saturated carbocycles. The highest BCUT2D eigenvalue weighted by Gasteiger charge is 2.13. The number of aryl methyl sites for hydroxylation is 1. The lowest BCUT2D eigenvalue weighted by Gasteiger charge is -2.13. The van der Waals surface area contributed by atoms with E-state index < -0.39 is 0 Å². The molecule has 3 rings (SSSR count). The quantitative estimate of drug-likeness (QED) is 0.689. The molecule has 122 valence electrons. The highest BCUT2D eigenvalue weighted by Crippen LogP contribution is 2.24. The summed E-state index contributed by atoms with van der Waals surface area (Å²) in [6.07, 6.45) is 0. The lowest BCUT2D eigenvalue weighted by atomic mass is 10.1. The normalized spacial score (nSPS) is 10.6. The number of carbonyl (C=O) groups excluding carboxylic acids is 1. The van der Waals surface area contributed by atoms with Gasteiger partial charge in [0.2, 0.25) is 11.8 Å². The predicted octanol–water partition coefficient (Wildman–Crippen LogP) is 3.35. The maximum atomic E-state index is 12.0. The fourth-order valence-corrected chi connectivity index (χ4v) is 2.17. The number of amides is 1. The highest BCUT2D eigenvalue weighted by atomic mass is 16.7. The largest absolute Gasteiger partial charge is 0.416 e. The first-order valence-electron chi connectivity index (χ1n) is 7.41. The predicted molar refractivity (Wildman–Crippen MR) is 89.0 cm³/mol. The van der Waals surface area contributed by atoms with E-state index in [2.05, 4.69) is 10.2 Å². The Morgan fingerprint density at radius 1 is 0.958 bits per heavy atom. The standard InChI is InChI=1S/C18H17N3O3/c1-12-4-6-13(7-5-12)16-19-20-17(24-16)14-8-10-15(11-9-14)18(22)21(2)23-3/h4-11H,1-3H3. The smallest absolute Gasteiger partial charge is 0.277 e. The summed E-state index contributed by atoms with van der Waals surface area (Å²) in [5, 5.41) is 9.32. The Morgan fingerprint density at radius 2 is 1.46 bits per heavy atom. The molecule has 6 heteroatoms. The van der Waals surface area contributed by atoms with Gasteiger partial charge in [0.15, 0.2) is 0 Å². The summed E-state index contributed by atoms with van der Waals surface area (Å²) in [5.41, 5.74) is 3.30. The van der Waals surface area contributed by atoms with E-state index in [1.54, 1.807) is 31.3 Å². The molecule has 1 heterocycles. The lowest BCUT2D eigenvalue weighted by Crippen LogP contribution is -2.25. The van der Waals surface area contributed by atoms with Gasteiger partial charge in [0.05, 0.1) is 7.11 Å². The van der Waals surface area contributed by atoms with Gasteiger partial charge in [-0.25, -0.2) is 5.06 Å².